The molecule has 0 aliphatic carbocycles. The molecule has 0 saturated carbocycles. The van der Waals surface area contributed by atoms with E-state index in [4.69, 9.17) is 0 Å². The van der Waals surface area contributed by atoms with Gasteiger partial charge in [-0.05, 0) is 25.2 Å². The van der Waals surface area contributed by atoms with Crippen molar-refractivity contribution < 1.29 is 0 Å². The fourth-order valence-corrected chi connectivity index (χ4v) is 1.44. The SMILES string of the molecule is C=CCCC(CBr)CC=C. The Balaban J connectivity index is 3.38. The Hall–Kier alpha value is -0.0400. The maximum Gasteiger partial charge on any atom is 0.00627 e. The summed E-state index contributed by atoms with van der Waals surface area (Å²) in [5.41, 5.74) is 0. The van der Waals surface area contributed by atoms with Crippen molar-refractivity contribution in [2.45, 2.75) is 19.3 Å². The van der Waals surface area contributed by atoms with Gasteiger partial charge in [0.1, 0.15) is 0 Å². The van der Waals surface area contributed by atoms with E-state index >= 15 is 0 Å². The lowest BCUT2D eigenvalue weighted by Crippen LogP contribution is -1.98. The second-order valence-electron chi connectivity index (χ2n) is 2.41. The van der Waals surface area contributed by atoms with Crippen LogP contribution in [0.2, 0.25) is 0 Å². The number of hydrogen-bond acceptors (Lipinski definition) is 0. The molecule has 10 heavy (non-hydrogen) atoms. The van der Waals surface area contributed by atoms with Crippen LogP contribution in [0.1, 0.15) is 19.3 Å². The number of allylic oxidation sites excluding steroid dienone is 2. The lowest BCUT2D eigenvalue weighted by molar-refractivity contribution is 0.560. The molecule has 1 unspecified atom stereocenters. The van der Waals surface area contributed by atoms with Crippen LogP contribution in [0.3, 0.4) is 0 Å². The van der Waals surface area contributed by atoms with Gasteiger partial charge in [0, 0.05) is 5.33 Å². The largest absolute Gasteiger partial charge is 0.103 e. The summed E-state index contributed by atoms with van der Waals surface area (Å²) in [6.45, 7) is 7.40. The van der Waals surface area contributed by atoms with E-state index in [0.29, 0.717) is 0 Å². The fraction of sp³-hybridized carbons (Fsp3) is 0.556. The highest BCUT2D eigenvalue weighted by atomic mass is 79.9. The van der Waals surface area contributed by atoms with Crippen molar-refractivity contribution in [3.05, 3.63) is 25.3 Å². The first-order valence-electron chi connectivity index (χ1n) is 3.62. The van der Waals surface area contributed by atoms with Crippen LogP contribution in [-0.4, -0.2) is 5.33 Å². The van der Waals surface area contributed by atoms with Gasteiger partial charge in [0.15, 0.2) is 0 Å². The Morgan fingerprint density at radius 2 is 2.00 bits per heavy atom. The topological polar surface area (TPSA) is 0 Å². The Labute approximate surface area is 72.1 Å². The quantitative estimate of drug-likeness (QED) is 0.457. The summed E-state index contributed by atoms with van der Waals surface area (Å²) in [6, 6.07) is 0. The second kappa shape index (κ2) is 7.07. The maximum atomic E-state index is 3.71. The molecule has 0 bridgehead atoms. The van der Waals surface area contributed by atoms with E-state index in [1.807, 2.05) is 12.2 Å². The van der Waals surface area contributed by atoms with Crippen LogP contribution in [0.5, 0.6) is 0 Å². The van der Waals surface area contributed by atoms with Gasteiger partial charge in [-0.2, -0.15) is 0 Å². The van der Waals surface area contributed by atoms with E-state index in [0.717, 1.165) is 24.1 Å². The molecule has 0 aliphatic heterocycles. The van der Waals surface area contributed by atoms with Crippen LogP contribution < -0.4 is 0 Å². The van der Waals surface area contributed by atoms with E-state index in [-0.39, 0.29) is 0 Å². The standard InChI is InChI=1S/C9H15Br/c1-3-5-7-9(8-10)6-4-2/h3-4,9H,1-2,5-8H2. The number of hydrogen-bond donors (Lipinski definition) is 0. The average molecular weight is 203 g/mol. The zero-order valence-electron chi connectivity index (χ0n) is 6.35. The molecule has 0 aromatic rings. The van der Waals surface area contributed by atoms with Gasteiger partial charge in [-0.3, -0.25) is 0 Å². The molecule has 0 nitrogen and oxygen atoms in total. The van der Waals surface area contributed by atoms with Gasteiger partial charge in [-0.1, -0.05) is 28.1 Å². The molecule has 0 rings (SSSR count). The van der Waals surface area contributed by atoms with Crippen LogP contribution in [0.25, 0.3) is 0 Å². The van der Waals surface area contributed by atoms with Gasteiger partial charge in [-0.15, -0.1) is 13.2 Å². The minimum atomic E-state index is 0.746. The molecule has 0 saturated heterocycles. The third-order valence-electron chi connectivity index (χ3n) is 1.50. The molecule has 0 aromatic carbocycles. The summed E-state index contributed by atoms with van der Waals surface area (Å²) in [6.07, 6.45) is 7.40. The van der Waals surface area contributed by atoms with Gasteiger partial charge in [-0.25, -0.2) is 0 Å². The van der Waals surface area contributed by atoms with Crippen LogP contribution >= 0.6 is 15.9 Å². The Morgan fingerprint density at radius 3 is 2.40 bits per heavy atom. The summed E-state index contributed by atoms with van der Waals surface area (Å²) >= 11 is 3.46. The molecule has 0 fully saturated rings. The summed E-state index contributed by atoms with van der Waals surface area (Å²) < 4.78 is 0. The van der Waals surface area contributed by atoms with Crippen molar-refractivity contribution in [1.82, 2.24) is 0 Å². The minimum Gasteiger partial charge on any atom is -0.103 e. The van der Waals surface area contributed by atoms with E-state index in [1.165, 1.54) is 6.42 Å². The summed E-state index contributed by atoms with van der Waals surface area (Å²) in [7, 11) is 0. The highest BCUT2D eigenvalue weighted by Gasteiger charge is 2.01. The third kappa shape index (κ3) is 4.80. The smallest absolute Gasteiger partial charge is 0.00627 e. The monoisotopic (exact) mass is 202 g/mol. The van der Waals surface area contributed by atoms with Crippen molar-refractivity contribution in [1.29, 1.82) is 0 Å². The van der Waals surface area contributed by atoms with E-state index in [1.54, 1.807) is 0 Å². The van der Waals surface area contributed by atoms with Gasteiger partial charge >= 0.3 is 0 Å². The zero-order valence-corrected chi connectivity index (χ0v) is 7.94. The maximum absolute atomic E-state index is 3.71. The molecule has 58 valence electrons. The molecule has 0 spiro atoms. The fourth-order valence-electron chi connectivity index (χ4n) is 0.847. The third-order valence-corrected chi connectivity index (χ3v) is 2.41. The van der Waals surface area contributed by atoms with E-state index < -0.39 is 0 Å². The Bertz CT molecular complexity index is 96.9. The molecule has 0 N–H and O–H groups in total. The zero-order chi connectivity index (χ0) is 7.82. The summed E-state index contributed by atoms with van der Waals surface area (Å²) in [5.74, 6) is 0.746. The Morgan fingerprint density at radius 1 is 1.30 bits per heavy atom. The molecule has 0 radical (unpaired) electrons. The van der Waals surface area contributed by atoms with Crippen molar-refractivity contribution in [2.24, 2.45) is 5.92 Å². The van der Waals surface area contributed by atoms with Crippen LogP contribution in [-0.2, 0) is 0 Å². The molecular formula is C9H15Br. The summed E-state index contributed by atoms with van der Waals surface area (Å²) in [4.78, 5) is 0. The lowest BCUT2D eigenvalue weighted by Gasteiger charge is -2.08. The molecular weight excluding hydrogens is 188 g/mol. The normalized spacial score (nSPS) is 12.5. The molecule has 0 heterocycles. The Kier molecular flexibility index (Phi) is 7.04. The predicted molar refractivity (Wildman–Crippen MR) is 51.5 cm³/mol. The van der Waals surface area contributed by atoms with Crippen LogP contribution in [0.15, 0.2) is 25.3 Å². The van der Waals surface area contributed by atoms with E-state index in [2.05, 4.69) is 29.1 Å². The number of alkyl halides is 1. The van der Waals surface area contributed by atoms with Crippen molar-refractivity contribution in [2.75, 3.05) is 5.33 Å². The van der Waals surface area contributed by atoms with Gasteiger partial charge in [0.25, 0.3) is 0 Å². The molecule has 0 aromatic heterocycles. The van der Waals surface area contributed by atoms with Crippen LogP contribution in [0.4, 0.5) is 0 Å². The molecule has 0 amide bonds. The van der Waals surface area contributed by atoms with Crippen molar-refractivity contribution in [3.63, 3.8) is 0 Å². The molecule has 0 aliphatic rings. The summed E-state index contributed by atoms with van der Waals surface area (Å²) in [5, 5.41) is 1.08. The average Bonchev–Trinajstić information content (AvgIpc) is 1.98. The van der Waals surface area contributed by atoms with Gasteiger partial charge in [0.05, 0.1) is 0 Å². The van der Waals surface area contributed by atoms with Gasteiger partial charge < -0.3 is 0 Å². The first-order valence-corrected chi connectivity index (χ1v) is 4.75. The van der Waals surface area contributed by atoms with E-state index in [9.17, 15) is 0 Å². The highest BCUT2D eigenvalue weighted by molar-refractivity contribution is 9.09. The lowest BCUT2D eigenvalue weighted by atomic mass is 10.0. The second-order valence-corrected chi connectivity index (χ2v) is 3.06. The van der Waals surface area contributed by atoms with Crippen LogP contribution in [0, 0.1) is 5.92 Å². The minimum absolute atomic E-state index is 0.746. The van der Waals surface area contributed by atoms with Crippen molar-refractivity contribution >= 4 is 15.9 Å². The molecule has 1 atom stereocenters. The molecule has 1 heteroatoms. The van der Waals surface area contributed by atoms with Gasteiger partial charge in [0.2, 0.25) is 0 Å². The predicted octanol–water partition coefficient (Wildman–Crippen LogP) is 3.54. The number of halogens is 1. The first-order chi connectivity index (χ1) is 4.85. The first kappa shape index (κ1) is 9.96. The highest BCUT2D eigenvalue weighted by Crippen LogP contribution is 2.14. The number of rotatable bonds is 6. The van der Waals surface area contributed by atoms with Crippen molar-refractivity contribution in [3.8, 4) is 0 Å².